The lowest BCUT2D eigenvalue weighted by Gasteiger charge is -2.32. The van der Waals surface area contributed by atoms with Crippen LogP contribution in [0, 0.1) is 5.92 Å². The number of piperidine rings is 1. The van der Waals surface area contributed by atoms with E-state index < -0.39 is 6.61 Å². The number of alkyl halides is 2. The van der Waals surface area contributed by atoms with Gasteiger partial charge in [0.05, 0.1) is 12.6 Å². The Hall–Kier alpha value is -1.73. The van der Waals surface area contributed by atoms with E-state index in [1.165, 1.54) is 24.3 Å². The molecule has 23 heavy (non-hydrogen) atoms. The van der Waals surface area contributed by atoms with Crippen LogP contribution in [0.3, 0.4) is 0 Å². The molecule has 1 saturated heterocycles. The topological polar surface area (TPSA) is 61.8 Å². The van der Waals surface area contributed by atoms with E-state index in [1.54, 1.807) is 6.92 Å². The van der Waals surface area contributed by atoms with Crippen LogP contribution in [0.15, 0.2) is 24.3 Å². The molecule has 0 spiro atoms. The van der Waals surface area contributed by atoms with Gasteiger partial charge in [0.15, 0.2) is 0 Å². The number of nitrogens with one attached hydrogen (secondary N) is 1. The monoisotopic (exact) mass is 328 g/mol. The van der Waals surface area contributed by atoms with Gasteiger partial charge in [-0.15, -0.1) is 0 Å². The highest BCUT2D eigenvalue weighted by molar-refractivity contribution is 5.92. The summed E-state index contributed by atoms with van der Waals surface area (Å²) in [6.07, 6.45) is 1.45. The van der Waals surface area contributed by atoms with Crippen LogP contribution in [0.5, 0.6) is 5.75 Å². The third kappa shape index (κ3) is 5.76. The Morgan fingerprint density at radius 1 is 1.35 bits per heavy atom. The second-order valence-corrected chi connectivity index (χ2v) is 5.81. The van der Waals surface area contributed by atoms with Crippen molar-refractivity contribution in [1.82, 2.24) is 4.90 Å². The molecule has 0 saturated carbocycles. The Bertz CT molecular complexity index is 501. The Morgan fingerprint density at radius 3 is 2.48 bits per heavy atom. The first kappa shape index (κ1) is 17.6. The average molecular weight is 328 g/mol. The van der Waals surface area contributed by atoms with Gasteiger partial charge in [0, 0.05) is 5.69 Å². The van der Waals surface area contributed by atoms with Crippen molar-refractivity contribution >= 4 is 11.6 Å². The molecule has 1 aliphatic rings. The molecule has 0 aromatic heterocycles. The van der Waals surface area contributed by atoms with Crippen molar-refractivity contribution in [2.24, 2.45) is 5.92 Å². The van der Waals surface area contributed by atoms with Gasteiger partial charge in [0.2, 0.25) is 5.91 Å². The summed E-state index contributed by atoms with van der Waals surface area (Å²) in [4.78, 5) is 14.0. The molecule has 1 unspecified atom stereocenters. The maximum absolute atomic E-state index is 12.1. The second-order valence-electron chi connectivity index (χ2n) is 5.81. The van der Waals surface area contributed by atoms with Gasteiger partial charge in [0.1, 0.15) is 5.75 Å². The number of rotatable bonds is 6. The van der Waals surface area contributed by atoms with Crippen molar-refractivity contribution in [2.45, 2.75) is 32.5 Å². The molecule has 1 aromatic carbocycles. The lowest BCUT2D eigenvalue weighted by Crippen LogP contribution is -2.41. The number of carbonyl (C=O) groups excluding carboxylic acids is 1. The lowest BCUT2D eigenvalue weighted by molar-refractivity contribution is -0.117. The van der Waals surface area contributed by atoms with Crippen molar-refractivity contribution in [1.29, 1.82) is 0 Å². The predicted octanol–water partition coefficient (Wildman–Crippen LogP) is 2.32. The fourth-order valence-corrected chi connectivity index (χ4v) is 2.72. The summed E-state index contributed by atoms with van der Waals surface area (Å²) < 4.78 is 28.4. The van der Waals surface area contributed by atoms with E-state index in [1.807, 2.05) is 4.90 Å². The Morgan fingerprint density at radius 2 is 1.96 bits per heavy atom. The Labute approximate surface area is 134 Å². The minimum Gasteiger partial charge on any atom is -0.435 e. The van der Waals surface area contributed by atoms with Gasteiger partial charge in [-0.05, 0) is 63.0 Å². The van der Waals surface area contributed by atoms with Crippen LogP contribution < -0.4 is 10.1 Å². The number of aliphatic hydroxyl groups excluding tert-OH is 1. The fraction of sp³-hybridized carbons (Fsp3) is 0.562. The van der Waals surface area contributed by atoms with E-state index >= 15 is 0 Å². The van der Waals surface area contributed by atoms with Crippen LogP contribution in [-0.2, 0) is 4.79 Å². The Kier molecular flexibility index (Phi) is 6.29. The van der Waals surface area contributed by atoms with E-state index in [-0.39, 0.29) is 24.3 Å². The average Bonchev–Trinajstić information content (AvgIpc) is 2.49. The van der Waals surface area contributed by atoms with Crippen LogP contribution in [0.2, 0.25) is 0 Å². The van der Waals surface area contributed by atoms with Crippen molar-refractivity contribution in [3.8, 4) is 5.75 Å². The number of hydrogen-bond acceptors (Lipinski definition) is 4. The highest BCUT2D eigenvalue weighted by Crippen LogP contribution is 2.21. The number of amides is 1. The van der Waals surface area contributed by atoms with Crippen molar-refractivity contribution in [3.05, 3.63) is 24.3 Å². The van der Waals surface area contributed by atoms with Gasteiger partial charge < -0.3 is 15.2 Å². The zero-order chi connectivity index (χ0) is 16.8. The maximum atomic E-state index is 12.1. The summed E-state index contributed by atoms with van der Waals surface area (Å²) in [5.74, 6) is 0.206. The Balaban J connectivity index is 1.77. The van der Waals surface area contributed by atoms with Crippen molar-refractivity contribution < 1.29 is 23.4 Å². The highest BCUT2D eigenvalue weighted by atomic mass is 19.3. The minimum atomic E-state index is -2.86. The number of benzene rings is 1. The summed E-state index contributed by atoms with van der Waals surface area (Å²) in [5, 5.41) is 12.3. The van der Waals surface area contributed by atoms with Crippen LogP contribution in [0.25, 0.3) is 0 Å². The summed E-state index contributed by atoms with van der Waals surface area (Å²) >= 11 is 0. The van der Waals surface area contributed by atoms with Crippen LogP contribution in [0.4, 0.5) is 14.5 Å². The second kappa shape index (κ2) is 8.21. The third-order valence-electron chi connectivity index (χ3n) is 4.04. The summed E-state index contributed by atoms with van der Waals surface area (Å²) in [6.45, 7) is 0.782. The third-order valence-corrected chi connectivity index (χ3v) is 4.04. The molecule has 0 radical (unpaired) electrons. The number of carbonyl (C=O) groups is 1. The molecule has 1 aliphatic heterocycles. The lowest BCUT2D eigenvalue weighted by atomic mass is 9.92. The first-order valence-electron chi connectivity index (χ1n) is 7.69. The normalized spacial score (nSPS) is 18.0. The first-order valence-corrected chi connectivity index (χ1v) is 7.69. The zero-order valence-corrected chi connectivity index (χ0v) is 13.0. The number of anilines is 1. The smallest absolute Gasteiger partial charge is 0.387 e. The molecule has 2 rings (SSSR count). The number of nitrogens with zero attached hydrogens (tertiary/aromatic N) is 1. The predicted molar refractivity (Wildman–Crippen MR) is 82.5 cm³/mol. The van der Waals surface area contributed by atoms with E-state index in [0.29, 0.717) is 11.6 Å². The molecule has 128 valence electrons. The molecule has 5 nitrogen and oxygen atoms in total. The van der Waals surface area contributed by atoms with Crippen molar-refractivity contribution in [3.63, 3.8) is 0 Å². The number of halogens is 2. The number of ether oxygens (including phenoxy) is 1. The molecule has 2 N–H and O–H groups in total. The highest BCUT2D eigenvalue weighted by Gasteiger charge is 2.23. The van der Waals surface area contributed by atoms with Gasteiger partial charge >= 0.3 is 6.61 Å². The van der Waals surface area contributed by atoms with E-state index in [2.05, 4.69) is 10.1 Å². The molecule has 0 aliphatic carbocycles. The fourth-order valence-electron chi connectivity index (χ4n) is 2.72. The number of likely N-dealkylation sites (tertiary alicyclic amines) is 1. The molecular formula is C16H22F2N2O3. The summed E-state index contributed by atoms with van der Waals surface area (Å²) in [6, 6.07) is 5.82. The molecule has 7 heteroatoms. The quantitative estimate of drug-likeness (QED) is 0.841. The minimum absolute atomic E-state index is 0.0539. The van der Waals surface area contributed by atoms with Gasteiger partial charge in [-0.3, -0.25) is 9.69 Å². The molecule has 1 heterocycles. The van der Waals surface area contributed by atoms with Crippen molar-refractivity contribution in [2.75, 3.05) is 25.0 Å². The van der Waals surface area contributed by atoms with Crippen LogP contribution in [-0.4, -0.2) is 48.3 Å². The number of aliphatic hydroxyl groups is 1. The van der Waals surface area contributed by atoms with Gasteiger partial charge in [0.25, 0.3) is 0 Å². The SMILES string of the molecule is CC(O)C1CCN(CC(=O)Nc2ccc(OC(F)F)cc2)CC1. The van der Waals surface area contributed by atoms with Gasteiger partial charge in [-0.2, -0.15) is 8.78 Å². The molecule has 1 fully saturated rings. The molecular weight excluding hydrogens is 306 g/mol. The summed E-state index contributed by atoms with van der Waals surface area (Å²) in [7, 11) is 0. The molecule has 1 aromatic rings. The van der Waals surface area contributed by atoms with E-state index in [0.717, 1.165) is 25.9 Å². The largest absolute Gasteiger partial charge is 0.435 e. The molecule has 1 atom stereocenters. The van der Waals surface area contributed by atoms with Gasteiger partial charge in [-0.1, -0.05) is 0 Å². The summed E-state index contributed by atoms with van der Waals surface area (Å²) in [5.41, 5.74) is 0.537. The number of hydrogen-bond donors (Lipinski definition) is 2. The van der Waals surface area contributed by atoms with E-state index in [9.17, 15) is 18.7 Å². The molecule has 1 amide bonds. The first-order chi connectivity index (χ1) is 10.9. The van der Waals surface area contributed by atoms with Crippen LogP contribution in [0.1, 0.15) is 19.8 Å². The van der Waals surface area contributed by atoms with E-state index in [4.69, 9.17) is 0 Å². The molecule has 0 bridgehead atoms. The van der Waals surface area contributed by atoms with Crippen LogP contribution >= 0.6 is 0 Å². The van der Waals surface area contributed by atoms with Gasteiger partial charge in [-0.25, -0.2) is 0 Å². The zero-order valence-electron chi connectivity index (χ0n) is 13.0. The maximum Gasteiger partial charge on any atom is 0.387 e. The standard InChI is InChI=1S/C16H22F2N2O3/c1-11(21)12-6-8-20(9-7-12)10-15(22)19-13-2-4-14(5-3-13)23-16(17)18/h2-5,11-12,16,21H,6-10H2,1H3,(H,19,22).